The molecule has 24 heavy (non-hydrogen) atoms. The van der Waals surface area contributed by atoms with Crippen LogP contribution in [0.1, 0.15) is 20.8 Å². The van der Waals surface area contributed by atoms with Gasteiger partial charge in [-0.05, 0) is 45.0 Å². The highest BCUT2D eigenvalue weighted by atomic mass is 32.2. The van der Waals surface area contributed by atoms with Crippen LogP contribution in [0.25, 0.3) is 0 Å². The molecule has 0 saturated carbocycles. The van der Waals surface area contributed by atoms with Crippen molar-refractivity contribution in [1.82, 2.24) is 4.72 Å². The molecule has 0 spiro atoms. The molecule has 9 heteroatoms. The zero-order chi connectivity index (χ0) is 18.2. The highest BCUT2D eigenvalue weighted by molar-refractivity contribution is 7.89. The summed E-state index contributed by atoms with van der Waals surface area (Å²) in [5, 5.41) is 0. The number of carbonyl (C=O) groups excluding carboxylic acids is 2. The summed E-state index contributed by atoms with van der Waals surface area (Å²) in [6.07, 6.45) is 0. The van der Waals surface area contributed by atoms with Crippen LogP contribution in [0.15, 0.2) is 29.2 Å². The van der Waals surface area contributed by atoms with Crippen LogP contribution in [0.2, 0.25) is 0 Å². The van der Waals surface area contributed by atoms with E-state index < -0.39 is 28.0 Å². The second-order valence-electron chi connectivity index (χ2n) is 4.46. The lowest BCUT2D eigenvalue weighted by atomic mass is 10.3. The number of benzene rings is 1. The third-order valence-electron chi connectivity index (χ3n) is 2.76. The first kappa shape index (κ1) is 19.9. The molecule has 0 fully saturated rings. The molecule has 0 bridgehead atoms. The normalized spacial score (nSPS) is 11.2. The van der Waals surface area contributed by atoms with Gasteiger partial charge in [0.05, 0.1) is 24.7 Å². The Morgan fingerprint density at radius 2 is 1.46 bits per heavy atom. The van der Waals surface area contributed by atoms with Crippen molar-refractivity contribution in [1.29, 1.82) is 0 Å². The summed E-state index contributed by atoms with van der Waals surface area (Å²) in [5.74, 6) is -1.54. The molecule has 0 aliphatic heterocycles. The predicted octanol–water partition coefficient (Wildman–Crippen LogP) is 0.858. The fourth-order valence-electron chi connectivity index (χ4n) is 1.75. The number of rotatable bonds is 9. The topological polar surface area (TPSA) is 108 Å². The molecule has 0 heterocycles. The Bertz CT molecular complexity index is 637. The van der Waals surface area contributed by atoms with Gasteiger partial charge in [-0.25, -0.2) is 18.0 Å². The molecule has 0 saturated heterocycles. The van der Waals surface area contributed by atoms with E-state index in [1.165, 1.54) is 24.3 Å². The largest absolute Gasteiger partial charge is 0.494 e. The molecule has 1 rings (SSSR count). The molecule has 0 aromatic heterocycles. The zero-order valence-corrected chi connectivity index (χ0v) is 14.6. The second-order valence-corrected chi connectivity index (χ2v) is 6.18. The first-order valence-electron chi connectivity index (χ1n) is 7.44. The average molecular weight is 359 g/mol. The van der Waals surface area contributed by atoms with E-state index in [1.807, 2.05) is 4.72 Å². The number of esters is 2. The fourth-order valence-corrected chi connectivity index (χ4v) is 2.88. The average Bonchev–Trinajstić information content (AvgIpc) is 2.54. The maximum atomic E-state index is 12.4. The van der Waals surface area contributed by atoms with Crippen molar-refractivity contribution in [2.24, 2.45) is 0 Å². The number of hydrogen-bond acceptors (Lipinski definition) is 7. The van der Waals surface area contributed by atoms with Crippen molar-refractivity contribution in [3.05, 3.63) is 24.3 Å². The van der Waals surface area contributed by atoms with Crippen LogP contribution < -0.4 is 9.46 Å². The quantitative estimate of drug-likeness (QED) is 0.514. The van der Waals surface area contributed by atoms with Crippen LogP contribution in [0, 0.1) is 0 Å². The molecule has 134 valence electrons. The number of carbonyl (C=O) groups is 2. The van der Waals surface area contributed by atoms with Gasteiger partial charge in [0.2, 0.25) is 16.1 Å². The summed E-state index contributed by atoms with van der Waals surface area (Å²) in [6.45, 7) is 5.33. The summed E-state index contributed by atoms with van der Waals surface area (Å²) in [5.41, 5.74) is 0. The Morgan fingerprint density at radius 3 is 1.88 bits per heavy atom. The number of nitrogens with one attached hydrogen (secondary N) is 1. The Hall–Kier alpha value is -2.13. The van der Waals surface area contributed by atoms with Crippen LogP contribution in [0.3, 0.4) is 0 Å². The molecule has 0 radical (unpaired) electrons. The van der Waals surface area contributed by atoms with Gasteiger partial charge in [-0.3, -0.25) is 0 Å². The van der Waals surface area contributed by atoms with Gasteiger partial charge in [-0.15, -0.1) is 0 Å². The van der Waals surface area contributed by atoms with Crippen LogP contribution in [0.5, 0.6) is 5.75 Å². The van der Waals surface area contributed by atoms with E-state index in [2.05, 4.69) is 0 Å². The predicted molar refractivity (Wildman–Crippen MR) is 85.0 cm³/mol. The van der Waals surface area contributed by atoms with Crippen molar-refractivity contribution in [3.63, 3.8) is 0 Å². The number of hydrogen-bond donors (Lipinski definition) is 1. The summed E-state index contributed by atoms with van der Waals surface area (Å²) < 4.78 is 41.4. The van der Waals surface area contributed by atoms with Gasteiger partial charge < -0.3 is 14.2 Å². The molecular weight excluding hydrogens is 338 g/mol. The van der Waals surface area contributed by atoms with Crippen molar-refractivity contribution >= 4 is 22.0 Å². The number of ether oxygens (including phenoxy) is 3. The minimum atomic E-state index is -4.13. The Labute approximate surface area is 141 Å². The first-order valence-corrected chi connectivity index (χ1v) is 8.92. The van der Waals surface area contributed by atoms with Crippen molar-refractivity contribution in [3.8, 4) is 5.75 Å². The highest BCUT2D eigenvalue weighted by Gasteiger charge is 2.34. The van der Waals surface area contributed by atoms with Gasteiger partial charge in [0.25, 0.3) is 0 Å². The van der Waals surface area contributed by atoms with Gasteiger partial charge >= 0.3 is 11.9 Å². The van der Waals surface area contributed by atoms with Gasteiger partial charge in [0, 0.05) is 0 Å². The van der Waals surface area contributed by atoms with E-state index in [0.717, 1.165) is 0 Å². The molecule has 1 aromatic rings. The van der Waals surface area contributed by atoms with E-state index in [9.17, 15) is 18.0 Å². The molecular formula is C15H21NO7S. The van der Waals surface area contributed by atoms with Crippen molar-refractivity contribution in [2.75, 3.05) is 19.8 Å². The third-order valence-corrected chi connectivity index (χ3v) is 4.20. The van der Waals surface area contributed by atoms with Crippen LogP contribution in [0.4, 0.5) is 0 Å². The van der Waals surface area contributed by atoms with Gasteiger partial charge in [0.1, 0.15) is 5.75 Å². The van der Waals surface area contributed by atoms with Gasteiger partial charge in [0.15, 0.2) is 0 Å². The maximum Gasteiger partial charge on any atom is 0.335 e. The Balaban J connectivity index is 3.01. The van der Waals surface area contributed by atoms with E-state index >= 15 is 0 Å². The molecule has 0 aliphatic carbocycles. The fraction of sp³-hybridized carbons (Fsp3) is 0.467. The summed E-state index contributed by atoms with van der Waals surface area (Å²) >= 11 is 0. The maximum absolute atomic E-state index is 12.4. The minimum absolute atomic E-state index is 0.000477. The van der Waals surface area contributed by atoms with Crippen LogP contribution in [-0.2, 0) is 29.1 Å². The molecule has 8 nitrogen and oxygen atoms in total. The molecule has 0 amide bonds. The summed E-state index contributed by atoms with van der Waals surface area (Å²) in [4.78, 5) is 23.6. The Morgan fingerprint density at radius 1 is 0.958 bits per heavy atom. The monoisotopic (exact) mass is 359 g/mol. The smallest absolute Gasteiger partial charge is 0.335 e. The molecule has 1 N–H and O–H groups in total. The standard InChI is InChI=1S/C15H21NO7S/c1-4-21-11-7-9-12(10-8-11)24(19,20)16-13(14(17)22-5-2)15(18)23-6-3/h7-10,13,16H,4-6H2,1-3H3. The third kappa shape index (κ3) is 5.50. The SMILES string of the molecule is CCOC(=O)C(NS(=O)(=O)c1ccc(OCC)cc1)C(=O)OCC. The molecule has 1 aromatic carbocycles. The van der Waals surface area contributed by atoms with E-state index in [4.69, 9.17) is 14.2 Å². The first-order chi connectivity index (χ1) is 11.4. The van der Waals surface area contributed by atoms with Crippen molar-refractivity contribution in [2.45, 2.75) is 31.7 Å². The molecule has 0 atom stereocenters. The van der Waals surface area contributed by atoms with Crippen LogP contribution >= 0.6 is 0 Å². The lowest BCUT2D eigenvalue weighted by Crippen LogP contribution is -2.48. The van der Waals surface area contributed by atoms with Crippen molar-refractivity contribution < 1.29 is 32.2 Å². The van der Waals surface area contributed by atoms with E-state index in [-0.39, 0.29) is 18.1 Å². The van der Waals surface area contributed by atoms with Crippen LogP contribution in [-0.4, -0.2) is 46.2 Å². The zero-order valence-electron chi connectivity index (χ0n) is 13.8. The lowest BCUT2D eigenvalue weighted by Gasteiger charge is -2.16. The van der Waals surface area contributed by atoms with E-state index in [1.54, 1.807) is 20.8 Å². The lowest BCUT2D eigenvalue weighted by molar-refractivity contribution is -0.157. The molecule has 0 aliphatic rings. The number of sulfonamides is 1. The van der Waals surface area contributed by atoms with E-state index in [0.29, 0.717) is 12.4 Å². The minimum Gasteiger partial charge on any atom is -0.494 e. The molecule has 0 unspecified atom stereocenters. The summed E-state index contributed by atoms with van der Waals surface area (Å²) in [7, 11) is -4.13. The summed E-state index contributed by atoms with van der Waals surface area (Å²) in [6, 6.07) is 3.80. The highest BCUT2D eigenvalue weighted by Crippen LogP contribution is 2.16. The van der Waals surface area contributed by atoms with Gasteiger partial charge in [-0.2, -0.15) is 4.72 Å². The second kappa shape index (κ2) is 9.24. The van der Waals surface area contributed by atoms with Gasteiger partial charge in [-0.1, -0.05) is 0 Å². The Kier molecular flexibility index (Phi) is 7.66.